The van der Waals surface area contributed by atoms with Gasteiger partial charge in [0.2, 0.25) is 0 Å². The van der Waals surface area contributed by atoms with Crippen LogP contribution in [0.15, 0.2) is 128 Å². The van der Waals surface area contributed by atoms with E-state index in [4.69, 9.17) is 20.2 Å². The van der Waals surface area contributed by atoms with Crippen molar-refractivity contribution in [2.45, 2.75) is 0 Å². The molecule has 0 saturated carbocycles. The molecule has 0 bridgehead atoms. The van der Waals surface area contributed by atoms with E-state index in [1.165, 1.54) is 0 Å². The van der Waals surface area contributed by atoms with Gasteiger partial charge in [0.1, 0.15) is 16.7 Å². The first-order valence-electron chi connectivity index (χ1n) is 13.3. The Hall–Kier alpha value is -5.82. The third-order valence-electron chi connectivity index (χ3n) is 7.19. The summed E-state index contributed by atoms with van der Waals surface area (Å²) in [6, 6.07) is 38.4. The first-order valence-corrected chi connectivity index (χ1v) is 13.3. The van der Waals surface area contributed by atoms with Gasteiger partial charge in [0.15, 0.2) is 5.82 Å². The van der Waals surface area contributed by atoms with E-state index in [9.17, 15) is 0 Å². The average molecular weight is 528 g/mol. The van der Waals surface area contributed by atoms with Crippen molar-refractivity contribution in [3.05, 3.63) is 128 Å². The van der Waals surface area contributed by atoms with Crippen LogP contribution in [0, 0.1) is 0 Å². The van der Waals surface area contributed by atoms with Gasteiger partial charge < -0.3 is 0 Å². The van der Waals surface area contributed by atoms with Gasteiger partial charge >= 0.3 is 0 Å². The molecular formula is C34H21N7. The Labute approximate surface area is 234 Å². The van der Waals surface area contributed by atoms with Crippen molar-refractivity contribution in [2.75, 3.05) is 0 Å². The molecule has 0 atom stereocenters. The quantitative estimate of drug-likeness (QED) is 0.223. The molecule has 8 rings (SSSR count). The minimum Gasteiger partial charge on any atom is -0.245 e. The van der Waals surface area contributed by atoms with E-state index in [-0.39, 0.29) is 0 Å². The lowest BCUT2D eigenvalue weighted by molar-refractivity contribution is 0.766. The summed E-state index contributed by atoms with van der Waals surface area (Å²) >= 11 is 0. The maximum Gasteiger partial charge on any atom is 0.178 e. The lowest BCUT2D eigenvalue weighted by atomic mass is 9.96. The molecule has 0 aliphatic carbocycles. The molecule has 7 nitrogen and oxygen atoms in total. The summed E-state index contributed by atoms with van der Waals surface area (Å²) < 4.78 is 0. The highest BCUT2D eigenvalue weighted by Gasteiger charge is 2.18. The van der Waals surface area contributed by atoms with Crippen LogP contribution in [0.3, 0.4) is 0 Å². The van der Waals surface area contributed by atoms with Gasteiger partial charge in [-0.3, -0.25) is 0 Å². The maximum absolute atomic E-state index is 5.11. The second-order valence-corrected chi connectivity index (χ2v) is 9.72. The van der Waals surface area contributed by atoms with Crippen molar-refractivity contribution in [1.29, 1.82) is 0 Å². The molecule has 0 unspecified atom stereocenters. The molecule has 0 aliphatic rings. The Morgan fingerprint density at radius 2 is 1.27 bits per heavy atom. The molecule has 0 aliphatic heterocycles. The minimum absolute atomic E-state index is 0.570. The van der Waals surface area contributed by atoms with Gasteiger partial charge in [0.05, 0.1) is 22.4 Å². The molecular weight excluding hydrogens is 506 g/mol. The number of fused-ring (bicyclic) bond motifs is 4. The molecule has 4 aromatic heterocycles. The van der Waals surface area contributed by atoms with Gasteiger partial charge in [-0.2, -0.15) is 4.80 Å². The third kappa shape index (κ3) is 3.99. The van der Waals surface area contributed by atoms with Crippen LogP contribution in [-0.4, -0.2) is 34.9 Å². The van der Waals surface area contributed by atoms with Crippen LogP contribution in [0.2, 0.25) is 0 Å². The van der Waals surface area contributed by atoms with Crippen LogP contribution in [0.5, 0.6) is 0 Å². The molecule has 0 radical (unpaired) electrons. The van der Waals surface area contributed by atoms with Gasteiger partial charge in [-0.05, 0) is 54.1 Å². The molecule has 192 valence electrons. The van der Waals surface area contributed by atoms with Crippen molar-refractivity contribution >= 4 is 32.8 Å². The number of aromatic nitrogens is 7. The molecule has 4 aromatic carbocycles. The smallest absolute Gasteiger partial charge is 0.178 e. The summed E-state index contributed by atoms with van der Waals surface area (Å²) in [5, 5.41) is 11.6. The van der Waals surface area contributed by atoms with Crippen molar-refractivity contribution in [2.24, 2.45) is 0 Å². The SMILES string of the molecule is c1ccc(-c2ccc3cc(-c4cccc5nn(-c6ccccc6)nc45)c4ccc(-c5ncccn5)nc4c3n2)cc1. The summed E-state index contributed by atoms with van der Waals surface area (Å²) in [7, 11) is 0. The van der Waals surface area contributed by atoms with E-state index in [1.54, 1.807) is 23.3 Å². The lowest BCUT2D eigenvalue weighted by Gasteiger charge is -2.12. The topological polar surface area (TPSA) is 82.3 Å². The van der Waals surface area contributed by atoms with Gasteiger partial charge in [-0.1, -0.05) is 66.7 Å². The number of rotatable bonds is 4. The van der Waals surface area contributed by atoms with Crippen LogP contribution < -0.4 is 0 Å². The third-order valence-corrected chi connectivity index (χ3v) is 7.19. The van der Waals surface area contributed by atoms with Crippen molar-refractivity contribution in [1.82, 2.24) is 34.9 Å². The fraction of sp³-hybridized carbons (Fsp3) is 0. The van der Waals surface area contributed by atoms with Crippen molar-refractivity contribution in [3.8, 4) is 39.6 Å². The highest BCUT2D eigenvalue weighted by molar-refractivity contribution is 6.13. The lowest BCUT2D eigenvalue weighted by Crippen LogP contribution is -1.97. The zero-order valence-electron chi connectivity index (χ0n) is 21.8. The minimum atomic E-state index is 0.570. The summed E-state index contributed by atoms with van der Waals surface area (Å²) in [6.07, 6.45) is 3.45. The van der Waals surface area contributed by atoms with E-state index in [0.29, 0.717) is 11.5 Å². The first-order chi connectivity index (χ1) is 20.3. The highest BCUT2D eigenvalue weighted by atomic mass is 15.5. The monoisotopic (exact) mass is 527 g/mol. The molecule has 0 N–H and O–H groups in total. The van der Waals surface area contributed by atoms with Crippen molar-refractivity contribution < 1.29 is 0 Å². The first kappa shape index (κ1) is 23.1. The predicted molar refractivity (Wildman–Crippen MR) is 161 cm³/mol. The normalized spacial score (nSPS) is 11.4. The van der Waals surface area contributed by atoms with Gasteiger partial charge in [-0.25, -0.2) is 19.9 Å². The second-order valence-electron chi connectivity index (χ2n) is 9.72. The maximum atomic E-state index is 5.11. The number of nitrogens with zero attached hydrogens (tertiary/aromatic N) is 7. The molecule has 0 saturated heterocycles. The zero-order chi connectivity index (χ0) is 27.2. The fourth-order valence-corrected chi connectivity index (χ4v) is 5.25. The molecule has 7 heteroatoms. The molecule has 0 fully saturated rings. The summed E-state index contributed by atoms with van der Waals surface area (Å²) in [4.78, 5) is 20.8. The summed E-state index contributed by atoms with van der Waals surface area (Å²) in [5.74, 6) is 0.570. The summed E-state index contributed by atoms with van der Waals surface area (Å²) in [5.41, 5.74) is 8.78. The molecule has 41 heavy (non-hydrogen) atoms. The molecule has 4 heterocycles. The van der Waals surface area contributed by atoms with Crippen molar-refractivity contribution in [3.63, 3.8) is 0 Å². The average Bonchev–Trinajstić information content (AvgIpc) is 3.50. The Morgan fingerprint density at radius 3 is 2.10 bits per heavy atom. The fourth-order valence-electron chi connectivity index (χ4n) is 5.25. The highest BCUT2D eigenvalue weighted by Crippen LogP contribution is 2.37. The van der Waals surface area contributed by atoms with Gasteiger partial charge in [-0.15, -0.1) is 10.2 Å². The van der Waals surface area contributed by atoms with Gasteiger partial charge in [0.25, 0.3) is 0 Å². The number of benzene rings is 4. The molecule has 8 aromatic rings. The van der Waals surface area contributed by atoms with Crippen LogP contribution in [-0.2, 0) is 0 Å². The Balaban J connectivity index is 1.40. The number of hydrogen-bond acceptors (Lipinski definition) is 6. The number of hydrogen-bond donors (Lipinski definition) is 0. The molecule has 0 spiro atoms. The van der Waals surface area contributed by atoms with E-state index < -0.39 is 0 Å². The standard InChI is InChI=1S/C34H21N7/c1-3-9-22(10-4-1)28-17-15-23-21-27(25-13-7-14-29-32(25)40-41(39-29)24-11-5-2-6-12-24)26-16-18-30(34-35-19-8-20-36-34)38-33(26)31(23)37-28/h1-21H. The largest absolute Gasteiger partial charge is 0.245 e. The van der Waals surface area contributed by atoms with Crippen LogP contribution >= 0.6 is 0 Å². The van der Waals surface area contributed by atoms with E-state index in [2.05, 4.69) is 52.4 Å². The Morgan fingerprint density at radius 1 is 0.512 bits per heavy atom. The Kier molecular flexibility index (Phi) is 5.31. The van der Waals surface area contributed by atoms with Crippen LogP contribution in [0.4, 0.5) is 0 Å². The van der Waals surface area contributed by atoms with Crippen LogP contribution in [0.1, 0.15) is 0 Å². The number of para-hydroxylation sites is 1. The zero-order valence-corrected chi connectivity index (χ0v) is 21.8. The second kappa shape index (κ2) is 9.43. The number of pyridine rings is 2. The predicted octanol–water partition coefficient (Wildman–Crippen LogP) is 7.31. The van der Waals surface area contributed by atoms with E-state index in [0.717, 1.165) is 60.9 Å². The summed E-state index contributed by atoms with van der Waals surface area (Å²) in [6.45, 7) is 0. The van der Waals surface area contributed by atoms with Crippen LogP contribution in [0.25, 0.3) is 72.4 Å². The Bertz CT molecular complexity index is 2190. The van der Waals surface area contributed by atoms with E-state index >= 15 is 0 Å². The molecule has 0 amide bonds. The van der Waals surface area contributed by atoms with E-state index in [1.807, 2.05) is 66.7 Å². The van der Waals surface area contributed by atoms with Gasteiger partial charge in [0, 0.05) is 34.3 Å².